The summed E-state index contributed by atoms with van der Waals surface area (Å²) in [6.45, 7) is 10.6. The predicted molar refractivity (Wildman–Crippen MR) is 86.6 cm³/mol. The molecule has 1 amide bonds. The normalized spacial score (nSPS) is 12.1. The number of anilines is 2. The number of carbonyl (C=O) groups is 1. The van der Waals surface area contributed by atoms with Gasteiger partial charge in [-0.2, -0.15) is 0 Å². The van der Waals surface area contributed by atoms with Crippen molar-refractivity contribution in [1.82, 2.24) is 15.3 Å². The molecule has 0 aliphatic rings. The van der Waals surface area contributed by atoms with Crippen LogP contribution in [-0.4, -0.2) is 35.5 Å². The van der Waals surface area contributed by atoms with Crippen LogP contribution in [0.15, 0.2) is 0 Å². The molecule has 3 N–H and O–H groups in total. The summed E-state index contributed by atoms with van der Waals surface area (Å²) >= 11 is 0. The summed E-state index contributed by atoms with van der Waals surface area (Å²) in [7, 11) is 1.83. The van der Waals surface area contributed by atoms with Gasteiger partial charge in [-0.15, -0.1) is 0 Å². The van der Waals surface area contributed by atoms with E-state index in [1.807, 2.05) is 27.8 Å². The van der Waals surface area contributed by atoms with Gasteiger partial charge in [0.1, 0.15) is 23.5 Å². The molecule has 0 aliphatic heterocycles. The fourth-order valence-corrected chi connectivity index (χ4v) is 1.83. The Labute approximate surface area is 127 Å². The molecule has 1 aromatic rings. The minimum absolute atomic E-state index is 0.0224. The van der Waals surface area contributed by atoms with Gasteiger partial charge in [0, 0.05) is 25.6 Å². The number of nitrogens with one attached hydrogen (secondary N) is 3. The predicted octanol–water partition coefficient (Wildman–Crippen LogP) is 1.96. The third-order valence-corrected chi connectivity index (χ3v) is 3.18. The summed E-state index contributed by atoms with van der Waals surface area (Å²) in [5.74, 6) is 2.66. The number of nitrogens with zero attached hydrogens (tertiary/aromatic N) is 2. The molecule has 1 aromatic heterocycles. The zero-order valence-corrected chi connectivity index (χ0v) is 13.9. The van der Waals surface area contributed by atoms with Crippen molar-refractivity contribution in [2.75, 3.05) is 24.2 Å². The van der Waals surface area contributed by atoms with E-state index in [1.54, 1.807) is 0 Å². The second kappa shape index (κ2) is 7.81. The summed E-state index contributed by atoms with van der Waals surface area (Å²) in [6, 6.07) is -0.341. The van der Waals surface area contributed by atoms with Crippen LogP contribution in [0, 0.1) is 12.8 Å². The number of aryl methyl sites for hydroxylation is 1. The molecule has 6 heteroatoms. The van der Waals surface area contributed by atoms with E-state index in [-0.39, 0.29) is 11.9 Å². The highest BCUT2D eigenvalue weighted by atomic mass is 16.2. The van der Waals surface area contributed by atoms with E-state index < -0.39 is 0 Å². The molecule has 0 fully saturated rings. The first-order valence-corrected chi connectivity index (χ1v) is 7.48. The van der Waals surface area contributed by atoms with Crippen LogP contribution in [0.25, 0.3) is 0 Å². The summed E-state index contributed by atoms with van der Waals surface area (Å²) in [5, 5.41) is 9.16. The van der Waals surface area contributed by atoms with E-state index in [0.717, 1.165) is 23.6 Å². The summed E-state index contributed by atoms with van der Waals surface area (Å²) in [5.41, 5.74) is 0.915. The average molecular weight is 293 g/mol. The van der Waals surface area contributed by atoms with Crippen LogP contribution in [0.3, 0.4) is 0 Å². The van der Waals surface area contributed by atoms with Crippen molar-refractivity contribution in [1.29, 1.82) is 0 Å². The number of rotatable bonds is 7. The number of aromatic nitrogens is 2. The number of carbonyl (C=O) groups excluding carboxylic acids is 1. The first-order valence-electron chi connectivity index (χ1n) is 7.48. The number of amides is 1. The van der Waals surface area contributed by atoms with E-state index in [1.165, 1.54) is 0 Å². The van der Waals surface area contributed by atoms with Crippen molar-refractivity contribution in [3.8, 4) is 0 Å². The maximum atomic E-state index is 12.0. The van der Waals surface area contributed by atoms with Gasteiger partial charge in [-0.3, -0.25) is 4.79 Å². The maximum absolute atomic E-state index is 12.0. The van der Waals surface area contributed by atoms with Gasteiger partial charge in [-0.1, -0.05) is 20.8 Å². The van der Waals surface area contributed by atoms with Crippen molar-refractivity contribution < 1.29 is 4.79 Å². The Morgan fingerprint density at radius 1 is 1.19 bits per heavy atom. The number of hydrogen-bond donors (Lipinski definition) is 3. The Hall–Kier alpha value is -1.85. The van der Waals surface area contributed by atoms with E-state index >= 15 is 0 Å². The maximum Gasteiger partial charge on any atom is 0.242 e. The lowest BCUT2D eigenvalue weighted by Gasteiger charge is -2.18. The van der Waals surface area contributed by atoms with Crippen LogP contribution in [0.1, 0.15) is 39.1 Å². The highest BCUT2D eigenvalue weighted by Crippen LogP contribution is 2.20. The molecule has 6 nitrogen and oxygen atoms in total. The molecule has 0 spiro atoms. The van der Waals surface area contributed by atoms with Crippen molar-refractivity contribution in [3.63, 3.8) is 0 Å². The van der Waals surface area contributed by atoms with E-state index in [2.05, 4.69) is 39.8 Å². The Kier molecular flexibility index (Phi) is 6.39. The van der Waals surface area contributed by atoms with Crippen molar-refractivity contribution in [2.24, 2.45) is 5.92 Å². The van der Waals surface area contributed by atoms with Crippen LogP contribution >= 0.6 is 0 Å². The average Bonchev–Trinajstić information content (AvgIpc) is 2.46. The van der Waals surface area contributed by atoms with Gasteiger partial charge in [0.25, 0.3) is 0 Å². The Morgan fingerprint density at radius 3 is 2.33 bits per heavy atom. The summed E-state index contributed by atoms with van der Waals surface area (Å²) < 4.78 is 0. The van der Waals surface area contributed by atoms with Crippen LogP contribution in [0.4, 0.5) is 11.6 Å². The van der Waals surface area contributed by atoms with Gasteiger partial charge in [-0.05, 0) is 19.8 Å². The topological polar surface area (TPSA) is 78.9 Å². The van der Waals surface area contributed by atoms with Gasteiger partial charge in [0.05, 0.1) is 0 Å². The standard InChI is InChI=1S/C15H27N5O/c1-7-12-19-13(16-6)10(4)14(20-12)18-11(5)15(21)17-8-9(2)3/h9,11H,7-8H2,1-6H3,(H,17,21)(H2,16,18,19,20). The summed E-state index contributed by atoms with van der Waals surface area (Å²) in [6.07, 6.45) is 0.748. The molecule has 1 unspecified atom stereocenters. The zero-order valence-electron chi connectivity index (χ0n) is 13.9. The molecule has 0 aliphatic carbocycles. The van der Waals surface area contributed by atoms with Crippen LogP contribution in [0.2, 0.25) is 0 Å². The SMILES string of the molecule is CCc1nc(NC)c(C)c(NC(C)C(=O)NCC(C)C)n1. The largest absolute Gasteiger partial charge is 0.373 e. The molecule has 0 saturated heterocycles. The Morgan fingerprint density at radius 2 is 1.81 bits per heavy atom. The molecule has 0 bridgehead atoms. The fourth-order valence-electron chi connectivity index (χ4n) is 1.83. The quantitative estimate of drug-likeness (QED) is 0.716. The van der Waals surface area contributed by atoms with Gasteiger partial charge in [0.2, 0.25) is 5.91 Å². The zero-order chi connectivity index (χ0) is 16.0. The Balaban J connectivity index is 2.84. The van der Waals surface area contributed by atoms with Gasteiger partial charge < -0.3 is 16.0 Å². The first kappa shape index (κ1) is 17.2. The van der Waals surface area contributed by atoms with E-state index in [9.17, 15) is 4.79 Å². The summed E-state index contributed by atoms with van der Waals surface area (Å²) in [4.78, 5) is 20.9. The third-order valence-electron chi connectivity index (χ3n) is 3.18. The molecule has 1 atom stereocenters. The lowest BCUT2D eigenvalue weighted by atomic mass is 10.2. The van der Waals surface area contributed by atoms with E-state index in [0.29, 0.717) is 18.3 Å². The molecule has 1 rings (SSSR count). The monoisotopic (exact) mass is 293 g/mol. The van der Waals surface area contributed by atoms with Crippen molar-refractivity contribution >= 4 is 17.5 Å². The van der Waals surface area contributed by atoms with E-state index in [4.69, 9.17) is 0 Å². The highest BCUT2D eigenvalue weighted by molar-refractivity contribution is 5.84. The third kappa shape index (κ3) is 4.88. The fraction of sp³-hybridized carbons (Fsp3) is 0.667. The smallest absolute Gasteiger partial charge is 0.242 e. The first-order chi connectivity index (χ1) is 9.88. The molecule has 0 radical (unpaired) electrons. The lowest BCUT2D eigenvalue weighted by molar-refractivity contribution is -0.121. The minimum atomic E-state index is -0.341. The second-order valence-corrected chi connectivity index (χ2v) is 5.57. The van der Waals surface area contributed by atoms with Gasteiger partial charge in [-0.25, -0.2) is 9.97 Å². The molecule has 21 heavy (non-hydrogen) atoms. The van der Waals surface area contributed by atoms with Crippen LogP contribution < -0.4 is 16.0 Å². The molecular weight excluding hydrogens is 266 g/mol. The lowest BCUT2D eigenvalue weighted by Crippen LogP contribution is -2.39. The van der Waals surface area contributed by atoms with Crippen molar-refractivity contribution in [2.45, 2.75) is 47.1 Å². The van der Waals surface area contributed by atoms with Crippen molar-refractivity contribution in [3.05, 3.63) is 11.4 Å². The Bertz CT molecular complexity index is 487. The molecule has 118 valence electrons. The molecule has 0 saturated carbocycles. The second-order valence-electron chi connectivity index (χ2n) is 5.57. The minimum Gasteiger partial charge on any atom is -0.373 e. The number of hydrogen-bond acceptors (Lipinski definition) is 5. The van der Waals surface area contributed by atoms with Crippen LogP contribution in [-0.2, 0) is 11.2 Å². The van der Waals surface area contributed by atoms with Crippen LogP contribution in [0.5, 0.6) is 0 Å². The highest BCUT2D eigenvalue weighted by Gasteiger charge is 2.16. The molecule has 1 heterocycles. The van der Waals surface area contributed by atoms with Gasteiger partial charge >= 0.3 is 0 Å². The van der Waals surface area contributed by atoms with Gasteiger partial charge in [0.15, 0.2) is 0 Å². The molecular formula is C15H27N5O. The molecule has 0 aromatic carbocycles.